The molecule has 1 N–H and O–H groups in total. The number of carbonyl (C=O) groups is 1. The van der Waals surface area contributed by atoms with Crippen LogP contribution in [0.5, 0.6) is 5.75 Å². The van der Waals surface area contributed by atoms with E-state index >= 15 is 0 Å². The van der Waals surface area contributed by atoms with Crippen LogP contribution in [0.25, 0.3) is 5.69 Å². The van der Waals surface area contributed by atoms with Crippen molar-refractivity contribution < 1.29 is 18.8 Å². The summed E-state index contributed by atoms with van der Waals surface area (Å²) in [6.07, 6.45) is 0. The lowest BCUT2D eigenvalue weighted by atomic mass is 10.2. The molecule has 3 aromatic rings. The fourth-order valence-electron chi connectivity index (χ4n) is 2.89. The minimum absolute atomic E-state index is 0.0257. The Kier molecular flexibility index (Phi) is 5.17. The van der Waals surface area contributed by atoms with E-state index in [0.717, 1.165) is 17.0 Å². The topological polar surface area (TPSA) is 99.3 Å². The van der Waals surface area contributed by atoms with Crippen molar-refractivity contribution in [3.63, 3.8) is 0 Å². The van der Waals surface area contributed by atoms with Crippen molar-refractivity contribution in [2.45, 2.75) is 11.5 Å². The molecule has 0 spiro atoms. The summed E-state index contributed by atoms with van der Waals surface area (Å²) in [6.45, 7) is -0.251. The Hall–Kier alpha value is -3.40. The number of non-ortho nitro benzene ring substituents is 1. The maximum atomic E-state index is 13.0. The molecular weight excluding hydrogens is 399 g/mol. The molecule has 0 saturated carbocycles. The quantitative estimate of drug-likeness (QED) is 0.488. The van der Waals surface area contributed by atoms with E-state index in [4.69, 9.17) is 4.74 Å². The lowest BCUT2D eigenvalue weighted by molar-refractivity contribution is -0.384. The number of carbonyl (C=O) groups excluding carboxylic acids is 1. The first-order valence-electron chi connectivity index (χ1n) is 8.63. The van der Waals surface area contributed by atoms with Crippen molar-refractivity contribution in [3.8, 4) is 11.4 Å². The number of nitro groups is 1. The molecule has 2 heterocycles. The average Bonchev–Trinajstić information content (AvgIpc) is 3.30. The van der Waals surface area contributed by atoms with Crippen molar-refractivity contribution in [2.24, 2.45) is 0 Å². The Labute approximate surface area is 168 Å². The number of anilines is 1. The van der Waals surface area contributed by atoms with Gasteiger partial charge in [-0.1, -0.05) is 0 Å². The first-order chi connectivity index (χ1) is 14.0. The maximum Gasteiger partial charge on any atom is 0.269 e. The SMILES string of the molecule is O=C(COc1ccc(F)cc1)Nc1c2c(nn1-c1ccc([N+](=O)[O-])cc1)CSC2. The second kappa shape index (κ2) is 7.92. The number of amides is 1. The first kappa shape index (κ1) is 18.9. The number of thioether (sulfide) groups is 1. The monoisotopic (exact) mass is 414 g/mol. The third kappa shape index (κ3) is 4.06. The van der Waals surface area contributed by atoms with Crippen LogP contribution in [-0.4, -0.2) is 27.2 Å². The van der Waals surface area contributed by atoms with E-state index in [2.05, 4.69) is 10.4 Å². The maximum absolute atomic E-state index is 13.0. The highest BCUT2D eigenvalue weighted by Gasteiger charge is 2.25. The summed E-state index contributed by atoms with van der Waals surface area (Å²) < 4.78 is 19.9. The summed E-state index contributed by atoms with van der Waals surface area (Å²) in [5.41, 5.74) is 2.36. The smallest absolute Gasteiger partial charge is 0.269 e. The molecular formula is C19H15FN4O4S. The number of aromatic nitrogens is 2. The molecule has 0 radical (unpaired) electrons. The van der Waals surface area contributed by atoms with Gasteiger partial charge in [-0.05, 0) is 36.4 Å². The third-order valence-corrected chi connectivity index (χ3v) is 5.27. The lowest BCUT2D eigenvalue weighted by Gasteiger charge is -2.11. The van der Waals surface area contributed by atoms with E-state index < -0.39 is 10.8 Å². The Morgan fingerprint density at radius 3 is 2.62 bits per heavy atom. The fourth-order valence-corrected chi connectivity index (χ4v) is 3.93. The predicted octanol–water partition coefficient (Wildman–Crippen LogP) is 3.68. The van der Waals surface area contributed by atoms with Crippen LogP contribution in [0.1, 0.15) is 11.3 Å². The minimum Gasteiger partial charge on any atom is -0.484 e. The van der Waals surface area contributed by atoms with Gasteiger partial charge in [0.2, 0.25) is 0 Å². The first-order valence-corrected chi connectivity index (χ1v) is 9.78. The van der Waals surface area contributed by atoms with Crippen LogP contribution in [0.4, 0.5) is 15.9 Å². The van der Waals surface area contributed by atoms with Crippen LogP contribution in [0, 0.1) is 15.9 Å². The summed E-state index contributed by atoms with van der Waals surface area (Å²) in [5, 5.41) is 18.2. The molecule has 0 bridgehead atoms. The van der Waals surface area contributed by atoms with Gasteiger partial charge in [-0.15, -0.1) is 0 Å². The van der Waals surface area contributed by atoms with Gasteiger partial charge in [0, 0.05) is 29.2 Å². The summed E-state index contributed by atoms with van der Waals surface area (Å²) in [5.74, 6) is 1.55. The summed E-state index contributed by atoms with van der Waals surface area (Å²) in [4.78, 5) is 22.8. The Morgan fingerprint density at radius 1 is 1.21 bits per heavy atom. The number of rotatable bonds is 6. The third-order valence-electron chi connectivity index (χ3n) is 4.30. The van der Waals surface area contributed by atoms with Crippen LogP contribution in [0.3, 0.4) is 0 Å². The lowest BCUT2D eigenvalue weighted by Crippen LogP contribution is -2.22. The molecule has 0 fully saturated rings. The van der Waals surface area contributed by atoms with Gasteiger partial charge < -0.3 is 10.1 Å². The number of fused-ring (bicyclic) bond motifs is 1. The molecule has 0 unspecified atom stereocenters. The van der Waals surface area contributed by atoms with E-state index in [-0.39, 0.29) is 18.1 Å². The molecule has 1 amide bonds. The van der Waals surface area contributed by atoms with Crippen molar-refractivity contribution in [1.29, 1.82) is 0 Å². The minimum atomic E-state index is -0.473. The number of benzene rings is 2. The zero-order chi connectivity index (χ0) is 20.4. The highest BCUT2D eigenvalue weighted by Crippen LogP contribution is 2.36. The second-order valence-corrected chi connectivity index (χ2v) is 7.23. The van der Waals surface area contributed by atoms with E-state index in [1.54, 1.807) is 28.6 Å². The Bertz CT molecular complexity index is 1070. The molecule has 148 valence electrons. The van der Waals surface area contributed by atoms with Crippen LogP contribution < -0.4 is 10.1 Å². The van der Waals surface area contributed by atoms with Gasteiger partial charge in [0.1, 0.15) is 17.4 Å². The van der Waals surface area contributed by atoms with Crippen LogP contribution in [0.15, 0.2) is 48.5 Å². The molecule has 10 heteroatoms. The molecule has 1 aliphatic heterocycles. The van der Waals surface area contributed by atoms with Gasteiger partial charge in [-0.25, -0.2) is 9.07 Å². The highest BCUT2D eigenvalue weighted by atomic mass is 32.2. The van der Waals surface area contributed by atoms with Crippen molar-refractivity contribution in [1.82, 2.24) is 9.78 Å². The predicted molar refractivity (Wildman–Crippen MR) is 106 cm³/mol. The molecule has 1 aromatic heterocycles. The average molecular weight is 414 g/mol. The second-order valence-electron chi connectivity index (χ2n) is 6.24. The van der Waals surface area contributed by atoms with Crippen LogP contribution in [0.2, 0.25) is 0 Å². The van der Waals surface area contributed by atoms with Crippen LogP contribution >= 0.6 is 11.8 Å². The summed E-state index contributed by atoms with van der Waals surface area (Å²) >= 11 is 1.69. The largest absolute Gasteiger partial charge is 0.484 e. The molecule has 29 heavy (non-hydrogen) atoms. The molecule has 0 atom stereocenters. The summed E-state index contributed by atoms with van der Waals surface area (Å²) in [7, 11) is 0. The number of halogens is 1. The standard InChI is InChI=1S/C19H15FN4O4S/c20-12-1-7-15(8-2-12)28-9-18(25)21-19-16-10-29-11-17(16)22-23(19)13-3-5-14(6-4-13)24(26)27/h1-8H,9-11H2,(H,21,25). The number of hydrogen-bond acceptors (Lipinski definition) is 6. The van der Waals surface area contributed by atoms with Gasteiger partial charge in [0.05, 0.1) is 16.3 Å². The molecule has 1 aliphatic rings. The van der Waals surface area contributed by atoms with Gasteiger partial charge in [-0.3, -0.25) is 14.9 Å². The Morgan fingerprint density at radius 2 is 1.93 bits per heavy atom. The van der Waals surface area contributed by atoms with E-state index in [1.165, 1.54) is 36.4 Å². The zero-order valence-electron chi connectivity index (χ0n) is 15.0. The number of ether oxygens (including phenoxy) is 1. The molecule has 8 nitrogen and oxygen atoms in total. The van der Waals surface area contributed by atoms with Gasteiger partial charge >= 0.3 is 0 Å². The van der Waals surface area contributed by atoms with Gasteiger partial charge in [-0.2, -0.15) is 16.9 Å². The number of nitro benzene ring substituents is 1. The number of nitrogens with one attached hydrogen (secondary N) is 1. The normalized spacial score (nSPS) is 12.4. The molecule has 0 aliphatic carbocycles. The van der Waals surface area contributed by atoms with Gasteiger partial charge in [0.15, 0.2) is 6.61 Å². The zero-order valence-corrected chi connectivity index (χ0v) is 15.8. The fraction of sp³-hybridized carbons (Fsp3) is 0.158. The van der Waals surface area contributed by atoms with Crippen molar-refractivity contribution >= 4 is 29.2 Å². The highest BCUT2D eigenvalue weighted by molar-refractivity contribution is 7.98. The molecule has 4 rings (SSSR count). The molecule has 2 aromatic carbocycles. The number of hydrogen-bond donors (Lipinski definition) is 1. The van der Waals surface area contributed by atoms with Gasteiger partial charge in [0.25, 0.3) is 11.6 Å². The van der Waals surface area contributed by atoms with E-state index in [0.29, 0.717) is 23.0 Å². The molecule has 0 saturated heterocycles. The summed E-state index contributed by atoms with van der Waals surface area (Å²) in [6, 6.07) is 11.3. The van der Waals surface area contributed by atoms with Crippen LogP contribution in [-0.2, 0) is 16.3 Å². The van der Waals surface area contributed by atoms with Crippen molar-refractivity contribution in [3.05, 3.63) is 75.7 Å². The van der Waals surface area contributed by atoms with E-state index in [1.807, 2.05) is 0 Å². The van der Waals surface area contributed by atoms with Crippen molar-refractivity contribution in [2.75, 3.05) is 11.9 Å². The van der Waals surface area contributed by atoms with E-state index in [9.17, 15) is 19.3 Å². The Balaban J connectivity index is 1.54. The number of nitrogens with zero attached hydrogens (tertiary/aromatic N) is 3.